The summed E-state index contributed by atoms with van der Waals surface area (Å²) in [5.41, 5.74) is 3.14. The van der Waals surface area contributed by atoms with Crippen molar-refractivity contribution in [1.29, 1.82) is 0 Å². The number of benzene rings is 2. The number of nitrogens with one attached hydrogen (secondary N) is 1. The summed E-state index contributed by atoms with van der Waals surface area (Å²) in [5, 5.41) is 10.0. The summed E-state index contributed by atoms with van der Waals surface area (Å²) in [6, 6.07) is 15.3. The molecule has 5 nitrogen and oxygen atoms in total. The zero-order valence-corrected chi connectivity index (χ0v) is 15.9. The highest BCUT2D eigenvalue weighted by atomic mass is 79.9. The first-order chi connectivity index (χ1) is 12.7. The summed E-state index contributed by atoms with van der Waals surface area (Å²) < 4.78 is 2.67. The van der Waals surface area contributed by atoms with Crippen LogP contribution in [0.5, 0.6) is 0 Å². The Kier molecular flexibility index (Phi) is 4.64. The molecule has 1 N–H and O–H groups in total. The van der Waals surface area contributed by atoms with Gasteiger partial charge in [-0.1, -0.05) is 15.9 Å². The highest BCUT2D eigenvalue weighted by molar-refractivity contribution is 9.10. The Bertz CT molecular complexity index is 1020. The molecule has 2 aromatic carbocycles. The van der Waals surface area contributed by atoms with Crippen LogP contribution in [-0.2, 0) is 0 Å². The average molecular weight is 425 g/mol. The molecule has 4 rings (SSSR count). The number of carbonyl (C=O) groups is 1. The van der Waals surface area contributed by atoms with E-state index in [9.17, 15) is 4.79 Å². The monoisotopic (exact) mass is 424 g/mol. The molecule has 0 saturated heterocycles. The fourth-order valence-electron chi connectivity index (χ4n) is 2.44. The Morgan fingerprint density at radius 2 is 1.85 bits per heavy atom. The summed E-state index contributed by atoms with van der Waals surface area (Å²) in [4.78, 5) is 16.7. The Hall–Kier alpha value is -2.77. The highest BCUT2D eigenvalue weighted by Crippen LogP contribution is 2.23. The van der Waals surface area contributed by atoms with Crippen LogP contribution >= 0.6 is 27.3 Å². The predicted octanol–water partition coefficient (Wildman–Crippen LogP) is 5.01. The van der Waals surface area contributed by atoms with Crippen molar-refractivity contribution in [3.05, 3.63) is 82.5 Å². The van der Waals surface area contributed by atoms with E-state index in [4.69, 9.17) is 0 Å². The lowest BCUT2D eigenvalue weighted by atomic mass is 10.2. The molecule has 0 fully saturated rings. The normalized spacial score (nSPS) is 10.7. The van der Waals surface area contributed by atoms with E-state index in [2.05, 4.69) is 31.3 Å². The predicted molar refractivity (Wildman–Crippen MR) is 107 cm³/mol. The summed E-state index contributed by atoms with van der Waals surface area (Å²) in [7, 11) is 0. The quantitative estimate of drug-likeness (QED) is 0.500. The Morgan fingerprint density at radius 1 is 1.08 bits per heavy atom. The third-order valence-corrected chi connectivity index (χ3v) is 5.11. The van der Waals surface area contributed by atoms with Crippen molar-refractivity contribution < 1.29 is 4.79 Å². The average Bonchev–Trinajstić information content (AvgIpc) is 3.35. The van der Waals surface area contributed by atoms with Crippen LogP contribution in [0, 0.1) is 0 Å². The van der Waals surface area contributed by atoms with Crippen LogP contribution in [0.1, 0.15) is 10.4 Å². The van der Waals surface area contributed by atoms with Crippen molar-refractivity contribution in [3.63, 3.8) is 0 Å². The van der Waals surface area contributed by atoms with Gasteiger partial charge in [0.15, 0.2) is 0 Å². The van der Waals surface area contributed by atoms with E-state index in [1.807, 2.05) is 53.9 Å². The van der Waals surface area contributed by atoms with Crippen LogP contribution in [0.3, 0.4) is 0 Å². The largest absolute Gasteiger partial charge is 0.322 e. The maximum atomic E-state index is 12.4. The fraction of sp³-hybridized carbons (Fsp3) is 0. The van der Waals surface area contributed by atoms with Crippen LogP contribution in [0.15, 0.2) is 77.0 Å². The van der Waals surface area contributed by atoms with Crippen molar-refractivity contribution in [1.82, 2.24) is 14.8 Å². The van der Waals surface area contributed by atoms with Gasteiger partial charge in [-0.15, -0.1) is 11.3 Å². The van der Waals surface area contributed by atoms with Gasteiger partial charge in [-0.25, -0.2) is 9.67 Å². The molecule has 0 aliphatic carbocycles. The number of halogens is 1. The van der Waals surface area contributed by atoms with Crippen LogP contribution in [-0.4, -0.2) is 20.7 Å². The molecule has 0 bridgehead atoms. The maximum Gasteiger partial charge on any atom is 0.258 e. The molecular weight excluding hydrogens is 412 g/mol. The van der Waals surface area contributed by atoms with Crippen molar-refractivity contribution in [2.75, 3.05) is 5.32 Å². The van der Waals surface area contributed by atoms with Gasteiger partial charge in [-0.3, -0.25) is 4.79 Å². The summed E-state index contributed by atoms with van der Waals surface area (Å²) >= 11 is 4.99. The molecule has 0 saturated carbocycles. The van der Waals surface area contributed by atoms with Gasteiger partial charge in [0, 0.05) is 33.5 Å². The summed E-state index contributed by atoms with van der Waals surface area (Å²) in [6.45, 7) is 0. The minimum absolute atomic E-state index is 0.199. The molecule has 1 amide bonds. The van der Waals surface area contributed by atoms with Crippen LogP contribution in [0.2, 0.25) is 0 Å². The molecule has 0 aliphatic heterocycles. The Labute approximate surface area is 162 Å². The molecule has 0 unspecified atom stereocenters. The SMILES string of the molecule is O=C(Nc1ccc(-c2nccs2)cc1)c1cnn(-c2ccc(Br)cc2)c1. The van der Waals surface area contributed by atoms with E-state index >= 15 is 0 Å². The van der Waals surface area contributed by atoms with Gasteiger partial charge in [-0.2, -0.15) is 5.10 Å². The molecule has 0 atom stereocenters. The van der Waals surface area contributed by atoms with E-state index in [1.165, 1.54) is 0 Å². The van der Waals surface area contributed by atoms with Gasteiger partial charge >= 0.3 is 0 Å². The zero-order chi connectivity index (χ0) is 17.9. The Morgan fingerprint density at radius 3 is 2.54 bits per heavy atom. The third kappa shape index (κ3) is 3.58. The van der Waals surface area contributed by atoms with Crippen LogP contribution < -0.4 is 5.32 Å². The lowest BCUT2D eigenvalue weighted by Gasteiger charge is -2.04. The minimum atomic E-state index is -0.199. The maximum absolute atomic E-state index is 12.4. The van der Waals surface area contributed by atoms with Gasteiger partial charge < -0.3 is 5.32 Å². The highest BCUT2D eigenvalue weighted by Gasteiger charge is 2.10. The number of carbonyl (C=O) groups excluding carboxylic acids is 1. The van der Waals surface area contributed by atoms with Crippen molar-refractivity contribution in [2.45, 2.75) is 0 Å². The van der Waals surface area contributed by atoms with Gasteiger partial charge in [0.05, 0.1) is 17.4 Å². The van der Waals surface area contributed by atoms with E-state index in [1.54, 1.807) is 34.6 Å². The molecule has 26 heavy (non-hydrogen) atoms. The summed E-state index contributed by atoms with van der Waals surface area (Å²) in [5.74, 6) is -0.199. The molecule has 0 aliphatic rings. The number of hydrogen-bond acceptors (Lipinski definition) is 4. The van der Waals surface area contributed by atoms with Gasteiger partial charge in [0.25, 0.3) is 5.91 Å². The topological polar surface area (TPSA) is 59.8 Å². The van der Waals surface area contributed by atoms with Crippen LogP contribution in [0.4, 0.5) is 5.69 Å². The zero-order valence-electron chi connectivity index (χ0n) is 13.5. The lowest BCUT2D eigenvalue weighted by Crippen LogP contribution is -2.10. The van der Waals surface area contributed by atoms with E-state index < -0.39 is 0 Å². The minimum Gasteiger partial charge on any atom is -0.322 e. The van der Waals surface area contributed by atoms with Gasteiger partial charge in [0.2, 0.25) is 0 Å². The second-order valence-corrected chi connectivity index (χ2v) is 7.33. The molecule has 2 heterocycles. The van der Waals surface area contributed by atoms with Gasteiger partial charge in [0.1, 0.15) is 5.01 Å². The number of amides is 1. The van der Waals surface area contributed by atoms with Crippen molar-refractivity contribution in [2.24, 2.45) is 0 Å². The first-order valence-corrected chi connectivity index (χ1v) is 9.48. The number of aromatic nitrogens is 3. The molecule has 128 valence electrons. The Balaban J connectivity index is 1.47. The van der Waals surface area contributed by atoms with E-state index in [0.717, 1.165) is 26.4 Å². The summed E-state index contributed by atoms with van der Waals surface area (Å²) in [6.07, 6.45) is 5.04. The number of rotatable bonds is 4. The number of nitrogens with zero attached hydrogens (tertiary/aromatic N) is 3. The van der Waals surface area contributed by atoms with E-state index in [0.29, 0.717) is 5.56 Å². The molecule has 0 spiro atoms. The third-order valence-electron chi connectivity index (χ3n) is 3.76. The molecule has 4 aromatic rings. The molecule has 0 radical (unpaired) electrons. The van der Waals surface area contributed by atoms with Crippen LogP contribution in [0.25, 0.3) is 16.3 Å². The lowest BCUT2D eigenvalue weighted by molar-refractivity contribution is 0.102. The van der Waals surface area contributed by atoms with Crippen molar-refractivity contribution in [3.8, 4) is 16.3 Å². The van der Waals surface area contributed by atoms with Crippen molar-refractivity contribution >= 4 is 38.9 Å². The molecular formula is C19H13BrN4OS. The standard InChI is InChI=1S/C19H13BrN4OS/c20-15-3-7-17(8-4-15)24-12-14(11-22-24)18(25)23-16-5-1-13(2-6-16)19-21-9-10-26-19/h1-12H,(H,23,25). The fourth-order valence-corrected chi connectivity index (χ4v) is 3.35. The van der Waals surface area contributed by atoms with Gasteiger partial charge in [-0.05, 0) is 48.5 Å². The molecule has 7 heteroatoms. The van der Waals surface area contributed by atoms with E-state index in [-0.39, 0.29) is 5.91 Å². The first-order valence-electron chi connectivity index (χ1n) is 7.81. The smallest absolute Gasteiger partial charge is 0.258 e. The second-order valence-electron chi connectivity index (χ2n) is 5.52. The second kappa shape index (κ2) is 7.23. The molecule has 2 aromatic heterocycles. The number of thiazole rings is 1. The number of anilines is 1. The number of hydrogen-bond donors (Lipinski definition) is 1. The first kappa shape index (κ1) is 16.7.